The van der Waals surface area contributed by atoms with Crippen LogP contribution in [0.3, 0.4) is 0 Å². The second-order valence-corrected chi connectivity index (χ2v) is 7.79. The van der Waals surface area contributed by atoms with Gasteiger partial charge < -0.3 is 10.1 Å². The minimum atomic E-state index is -0.571. The highest BCUT2D eigenvalue weighted by Gasteiger charge is 2.24. The topological polar surface area (TPSA) is 38.3 Å². The van der Waals surface area contributed by atoms with Crippen molar-refractivity contribution in [3.05, 3.63) is 114 Å². The van der Waals surface area contributed by atoms with Crippen molar-refractivity contribution in [1.82, 2.24) is 5.32 Å². The molecule has 31 heavy (non-hydrogen) atoms. The molecule has 0 heterocycles. The van der Waals surface area contributed by atoms with Crippen molar-refractivity contribution in [3.63, 3.8) is 0 Å². The van der Waals surface area contributed by atoms with Gasteiger partial charge in [0.15, 0.2) is 6.10 Å². The number of ether oxygens (including phenoxy) is 1. The van der Waals surface area contributed by atoms with Gasteiger partial charge in [0.2, 0.25) is 0 Å². The lowest BCUT2D eigenvalue weighted by molar-refractivity contribution is -0.128. The smallest absolute Gasteiger partial charge is 0.261 e. The van der Waals surface area contributed by atoms with Crippen molar-refractivity contribution in [1.29, 1.82) is 0 Å². The number of hydrogen-bond donors (Lipinski definition) is 1. The molecule has 0 aliphatic heterocycles. The average Bonchev–Trinajstić information content (AvgIpc) is 2.82. The quantitative estimate of drug-likeness (QED) is 0.394. The largest absolute Gasteiger partial charge is 0.481 e. The van der Waals surface area contributed by atoms with Crippen LogP contribution in [-0.2, 0) is 4.79 Å². The molecule has 0 unspecified atom stereocenters. The second kappa shape index (κ2) is 9.48. The fourth-order valence-electron chi connectivity index (χ4n) is 3.73. The van der Waals surface area contributed by atoms with Gasteiger partial charge in [0, 0.05) is 0 Å². The predicted octanol–water partition coefficient (Wildman–Crippen LogP) is 6.21. The SMILES string of the molecule is CC[C@H](Oc1ccc2ccccc2c1)C(=O)N[C@H](c1ccccc1)c1ccc(C)cc1. The van der Waals surface area contributed by atoms with Crippen LogP contribution >= 0.6 is 0 Å². The molecule has 2 atom stereocenters. The zero-order chi connectivity index (χ0) is 21.6. The van der Waals surface area contributed by atoms with Crippen LogP contribution < -0.4 is 10.1 Å². The minimum Gasteiger partial charge on any atom is -0.481 e. The number of aryl methyl sites for hydroxylation is 1. The maximum absolute atomic E-state index is 13.2. The third kappa shape index (κ3) is 4.95. The van der Waals surface area contributed by atoms with Crippen molar-refractivity contribution in [2.45, 2.75) is 32.4 Å². The summed E-state index contributed by atoms with van der Waals surface area (Å²) in [6, 6.07) is 32.1. The first-order valence-electron chi connectivity index (χ1n) is 10.7. The molecule has 1 amide bonds. The summed E-state index contributed by atoms with van der Waals surface area (Å²) in [5, 5.41) is 5.46. The summed E-state index contributed by atoms with van der Waals surface area (Å²) in [6.45, 7) is 4.03. The molecule has 0 aromatic heterocycles. The van der Waals surface area contributed by atoms with E-state index in [-0.39, 0.29) is 11.9 Å². The van der Waals surface area contributed by atoms with Crippen LogP contribution in [0.15, 0.2) is 97.1 Å². The summed E-state index contributed by atoms with van der Waals surface area (Å²) in [5.74, 6) is 0.581. The Morgan fingerprint density at radius 3 is 2.16 bits per heavy atom. The van der Waals surface area contributed by atoms with Crippen LogP contribution in [0.1, 0.15) is 36.1 Å². The molecule has 0 saturated carbocycles. The van der Waals surface area contributed by atoms with Crippen molar-refractivity contribution in [3.8, 4) is 5.75 Å². The van der Waals surface area contributed by atoms with Crippen molar-refractivity contribution < 1.29 is 9.53 Å². The maximum atomic E-state index is 13.2. The highest BCUT2D eigenvalue weighted by atomic mass is 16.5. The third-order valence-corrected chi connectivity index (χ3v) is 5.49. The van der Waals surface area contributed by atoms with Gasteiger partial charge in [-0.15, -0.1) is 0 Å². The zero-order valence-corrected chi connectivity index (χ0v) is 17.9. The molecule has 4 aromatic rings. The summed E-state index contributed by atoms with van der Waals surface area (Å²) in [4.78, 5) is 13.2. The molecule has 4 aromatic carbocycles. The van der Waals surface area contributed by atoms with E-state index in [1.807, 2.05) is 73.7 Å². The Labute approximate surface area is 183 Å². The second-order valence-electron chi connectivity index (χ2n) is 7.79. The number of rotatable bonds is 7. The summed E-state index contributed by atoms with van der Waals surface area (Å²) < 4.78 is 6.11. The summed E-state index contributed by atoms with van der Waals surface area (Å²) >= 11 is 0. The third-order valence-electron chi connectivity index (χ3n) is 5.49. The van der Waals surface area contributed by atoms with Crippen LogP contribution in [0.4, 0.5) is 0 Å². The van der Waals surface area contributed by atoms with Crippen molar-refractivity contribution in [2.24, 2.45) is 0 Å². The van der Waals surface area contributed by atoms with E-state index in [0.717, 1.165) is 21.9 Å². The molecule has 4 rings (SSSR count). The van der Waals surface area contributed by atoms with E-state index in [4.69, 9.17) is 4.74 Å². The Kier molecular flexibility index (Phi) is 6.32. The highest BCUT2D eigenvalue weighted by molar-refractivity contribution is 5.84. The molecule has 0 bridgehead atoms. The van der Waals surface area contributed by atoms with E-state index in [2.05, 4.69) is 42.6 Å². The molecule has 0 fully saturated rings. The number of carbonyl (C=O) groups excluding carboxylic acids is 1. The van der Waals surface area contributed by atoms with Crippen LogP contribution in [0.25, 0.3) is 10.8 Å². The molecule has 0 radical (unpaired) electrons. The standard InChI is InChI=1S/C28H27NO2/c1-3-26(31-25-18-17-21-9-7-8-12-24(21)19-25)28(30)29-27(22-10-5-4-6-11-22)23-15-13-20(2)14-16-23/h4-19,26-27H,3H2,1-2H3,(H,29,30)/t26-,27+/m0/s1. The molecule has 3 nitrogen and oxygen atoms in total. The first-order valence-corrected chi connectivity index (χ1v) is 10.7. The lowest BCUT2D eigenvalue weighted by Crippen LogP contribution is -2.40. The predicted molar refractivity (Wildman–Crippen MR) is 126 cm³/mol. The van der Waals surface area contributed by atoms with E-state index in [1.165, 1.54) is 5.56 Å². The van der Waals surface area contributed by atoms with E-state index in [0.29, 0.717) is 12.2 Å². The minimum absolute atomic E-state index is 0.120. The normalized spacial score (nSPS) is 12.8. The maximum Gasteiger partial charge on any atom is 0.261 e. The number of fused-ring (bicyclic) bond motifs is 1. The lowest BCUT2D eigenvalue weighted by atomic mass is 9.97. The Morgan fingerprint density at radius 2 is 1.45 bits per heavy atom. The van der Waals surface area contributed by atoms with Gasteiger partial charge in [0.05, 0.1) is 6.04 Å². The van der Waals surface area contributed by atoms with E-state index in [1.54, 1.807) is 0 Å². The fraction of sp³-hybridized carbons (Fsp3) is 0.179. The first kappa shape index (κ1) is 20.7. The zero-order valence-electron chi connectivity index (χ0n) is 17.9. The number of nitrogens with one attached hydrogen (secondary N) is 1. The van der Waals surface area contributed by atoms with Gasteiger partial charge in [-0.05, 0) is 47.4 Å². The first-order chi connectivity index (χ1) is 15.1. The molecule has 156 valence electrons. The Hall–Kier alpha value is -3.59. The van der Waals surface area contributed by atoms with Gasteiger partial charge in [0.1, 0.15) is 5.75 Å². The van der Waals surface area contributed by atoms with Gasteiger partial charge in [-0.1, -0.05) is 97.4 Å². The highest BCUT2D eigenvalue weighted by Crippen LogP contribution is 2.25. The Bertz CT molecular complexity index is 1150. The van der Waals surface area contributed by atoms with Crippen LogP contribution in [-0.4, -0.2) is 12.0 Å². The number of amides is 1. The fourth-order valence-corrected chi connectivity index (χ4v) is 3.73. The van der Waals surface area contributed by atoms with Crippen LogP contribution in [0.5, 0.6) is 5.75 Å². The molecule has 0 aliphatic rings. The molecule has 3 heteroatoms. The van der Waals surface area contributed by atoms with Gasteiger partial charge in [-0.3, -0.25) is 4.79 Å². The molecule has 0 aliphatic carbocycles. The van der Waals surface area contributed by atoms with Crippen molar-refractivity contribution >= 4 is 16.7 Å². The molecule has 0 spiro atoms. The number of carbonyl (C=O) groups is 1. The lowest BCUT2D eigenvalue weighted by Gasteiger charge is -2.24. The van der Waals surface area contributed by atoms with Crippen molar-refractivity contribution in [2.75, 3.05) is 0 Å². The van der Waals surface area contributed by atoms with Gasteiger partial charge in [-0.25, -0.2) is 0 Å². The van der Waals surface area contributed by atoms with E-state index >= 15 is 0 Å². The van der Waals surface area contributed by atoms with E-state index in [9.17, 15) is 4.79 Å². The summed E-state index contributed by atoms with van der Waals surface area (Å²) in [6.07, 6.45) is 0.00599. The average molecular weight is 410 g/mol. The molecular weight excluding hydrogens is 382 g/mol. The van der Waals surface area contributed by atoms with Crippen LogP contribution in [0, 0.1) is 6.92 Å². The molecule has 0 saturated heterocycles. The number of benzene rings is 4. The molecular formula is C28H27NO2. The van der Waals surface area contributed by atoms with E-state index < -0.39 is 6.10 Å². The Balaban J connectivity index is 1.56. The van der Waals surface area contributed by atoms with Gasteiger partial charge in [0.25, 0.3) is 5.91 Å². The Morgan fingerprint density at radius 1 is 0.806 bits per heavy atom. The van der Waals surface area contributed by atoms with Gasteiger partial charge in [-0.2, -0.15) is 0 Å². The number of hydrogen-bond acceptors (Lipinski definition) is 2. The van der Waals surface area contributed by atoms with Gasteiger partial charge >= 0.3 is 0 Å². The van der Waals surface area contributed by atoms with Crippen LogP contribution in [0.2, 0.25) is 0 Å². The summed E-state index contributed by atoms with van der Waals surface area (Å²) in [5.41, 5.74) is 3.28. The monoisotopic (exact) mass is 409 g/mol. The summed E-state index contributed by atoms with van der Waals surface area (Å²) in [7, 11) is 0. The molecule has 1 N–H and O–H groups in total.